The van der Waals surface area contributed by atoms with Gasteiger partial charge in [-0.1, -0.05) is 16.5 Å². The molecule has 0 aromatic carbocycles. The van der Waals surface area contributed by atoms with Gasteiger partial charge in [-0.3, -0.25) is 19.3 Å². The third kappa shape index (κ3) is 4.45. The van der Waals surface area contributed by atoms with Gasteiger partial charge in [0.1, 0.15) is 43.9 Å². The highest BCUT2D eigenvalue weighted by atomic mass is 32.2. The number of nitrogens with one attached hydrogen (secondary N) is 1. The second-order valence-corrected chi connectivity index (χ2v) is 10.9. The summed E-state index contributed by atoms with van der Waals surface area (Å²) in [4.78, 5) is 60.3. The summed E-state index contributed by atoms with van der Waals surface area (Å²) in [7, 11) is 1.23. The number of aromatic nitrogens is 4. The largest absolute Gasteiger partial charge is 0.543 e. The predicted molar refractivity (Wildman–Crippen MR) is 133 cm³/mol. The molecule has 0 aliphatic carbocycles. The zero-order valence-corrected chi connectivity index (χ0v) is 22.0. The van der Waals surface area contributed by atoms with Gasteiger partial charge in [0.25, 0.3) is 17.6 Å². The van der Waals surface area contributed by atoms with Gasteiger partial charge in [-0.2, -0.15) is 13.8 Å². The van der Waals surface area contributed by atoms with Crippen LogP contribution in [-0.2, 0) is 37.0 Å². The van der Waals surface area contributed by atoms with Crippen LogP contribution in [0.15, 0.2) is 34.2 Å². The summed E-state index contributed by atoms with van der Waals surface area (Å²) >= 11 is 3.58. The number of rotatable bonds is 9. The first-order valence-electron chi connectivity index (χ1n) is 10.8. The van der Waals surface area contributed by atoms with Gasteiger partial charge in [0.15, 0.2) is 5.13 Å². The maximum Gasteiger partial charge on any atom is 0.278 e. The zero-order chi connectivity index (χ0) is 27.1. The van der Waals surface area contributed by atoms with Crippen LogP contribution in [0.25, 0.3) is 4.83 Å². The fourth-order valence-electron chi connectivity index (χ4n) is 4.24. The molecule has 3 aromatic rings. The Balaban J connectivity index is 1.39. The van der Waals surface area contributed by atoms with E-state index in [0.717, 1.165) is 21.3 Å². The first-order chi connectivity index (χ1) is 18.2. The van der Waals surface area contributed by atoms with Crippen molar-refractivity contribution in [2.75, 3.05) is 18.6 Å². The van der Waals surface area contributed by atoms with Crippen LogP contribution in [0.1, 0.15) is 11.6 Å². The normalized spacial score (nSPS) is 19.3. The van der Waals surface area contributed by atoms with Crippen molar-refractivity contribution in [1.29, 1.82) is 0 Å². The second kappa shape index (κ2) is 10.0. The monoisotopic (exact) mass is 577 g/mol. The summed E-state index contributed by atoms with van der Waals surface area (Å²) in [6.45, 7) is 0.0996. The number of nitrogen functional groups attached to an aromatic ring is 1. The quantitative estimate of drug-likeness (QED) is 0.103. The average Bonchev–Trinajstić information content (AvgIpc) is 3.58. The number of thioether (sulfide) groups is 1. The van der Waals surface area contributed by atoms with Crippen LogP contribution in [0.2, 0.25) is 0 Å². The summed E-state index contributed by atoms with van der Waals surface area (Å²) in [6, 6.07) is -1.03. The molecule has 2 atom stereocenters. The SMILES string of the molecule is CO/N=C(\C(=O)N[C@@H]1C(=O)N2C(C(=O)[O-])=C(C[n+]3cc4sccn4c3CC(N)=O)CS[C@H]12)c1nsc(N)n1. The van der Waals surface area contributed by atoms with Crippen molar-refractivity contribution in [2.45, 2.75) is 24.4 Å². The standard InChI is InChI=1S/C20H19N9O6S3/c1-35-25-12(15-24-20(22)38-26-15)16(31)23-13-17(32)29-14(19(33)34)8(7-37-18(13)29)5-27-6-11-28(2-3-36-11)10(27)4-9(21)30/h2-3,6,13,18H,4-5,7H2,1H3,(H5-,21,22,23,24,26,30,31,33,34)/b25-12-/t13-,18-/m1/s1. The summed E-state index contributed by atoms with van der Waals surface area (Å²) in [6.07, 6.45) is 3.52. The maximum atomic E-state index is 13.1. The van der Waals surface area contributed by atoms with E-state index >= 15 is 0 Å². The van der Waals surface area contributed by atoms with E-state index in [1.807, 2.05) is 5.38 Å². The van der Waals surface area contributed by atoms with Crippen molar-refractivity contribution >= 4 is 74.0 Å². The van der Waals surface area contributed by atoms with Crippen LogP contribution in [0, 0.1) is 0 Å². The number of carboxylic acids is 1. The molecular formula is C20H19N9O6S3. The van der Waals surface area contributed by atoms with E-state index in [-0.39, 0.29) is 41.1 Å². The third-order valence-corrected chi connectivity index (χ3v) is 8.47. The number of nitrogens with two attached hydrogens (primary N) is 2. The number of carboxylic acid groups (broad SMARTS) is 1. The number of carbonyl (C=O) groups excluding carboxylic acids is 4. The molecule has 2 aliphatic rings. The molecule has 1 fully saturated rings. The molecule has 2 aliphatic heterocycles. The van der Waals surface area contributed by atoms with Gasteiger partial charge in [0, 0.05) is 28.2 Å². The number of imidazole rings is 1. The van der Waals surface area contributed by atoms with Crippen LogP contribution in [0.5, 0.6) is 0 Å². The molecule has 198 valence electrons. The fourth-order valence-corrected chi connectivity index (χ4v) is 6.80. The summed E-state index contributed by atoms with van der Waals surface area (Å²) in [5, 5.41) is 19.7. The molecule has 15 nitrogen and oxygen atoms in total. The van der Waals surface area contributed by atoms with E-state index in [4.69, 9.17) is 16.3 Å². The molecule has 18 heteroatoms. The molecular weight excluding hydrogens is 558 g/mol. The average molecular weight is 578 g/mol. The molecule has 3 aromatic heterocycles. The second-order valence-electron chi connectivity index (χ2n) is 8.11. The number of aliphatic carboxylic acids is 1. The van der Waals surface area contributed by atoms with Crippen LogP contribution in [-0.4, -0.2) is 72.3 Å². The number of β-lactam (4-membered cyclic amide) rings is 1. The number of primary amides is 1. The van der Waals surface area contributed by atoms with Crippen molar-refractivity contribution in [3.8, 4) is 0 Å². The first kappa shape index (κ1) is 25.6. The molecule has 3 amide bonds. The minimum absolute atomic E-state index is 0.0593. The Hall–Kier alpha value is -4.03. The molecule has 0 saturated carbocycles. The Kier molecular flexibility index (Phi) is 6.76. The molecule has 1 saturated heterocycles. The van der Waals surface area contributed by atoms with Crippen molar-refractivity contribution in [2.24, 2.45) is 10.9 Å². The molecule has 0 spiro atoms. The van der Waals surface area contributed by atoms with Crippen molar-refractivity contribution < 1.29 is 33.7 Å². The number of carbonyl (C=O) groups is 4. The minimum atomic E-state index is -1.52. The Morgan fingerprint density at radius 3 is 2.84 bits per heavy atom. The van der Waals surface area contributed by atoms with Crippen molar-refractivity contribution in [3.05, 3.63) is 40.7 Å². The van der Waals surface area contributed by atoms with Gasteiger partial charge in [-0.15, -0.1) is 11.8 Å². The van der Waals surface area contributed by atoms with Crippen LogP contribution in [0.3, 0.4) is 0 Å². The summed E-state index contributed by atoms with van der Waals surface area (Å²) in [5.41, 5.74) is 10.9. The summed E-state index contributed by atoms with van der Waals surface area (Å²) < 4.78 is 7.48. The van der Waals surface area contributed by atoms with Crippen LogP contribution >= 0.6 is 34.6 Å². The topological polar surface area (TPSA) is 214 Å². The van der Waals surface area contributed by atoms with E-state index in [9.17, 15) is 24.3 Å². The lowest BCUT2D eigenvalue weighted by Gasteiger charge is -2.50. The fraction of sp³-hybridized carbons (Fsp3) is 0.300. The summed E-state index contributed by atoms with van der Waals surface area (Å²) in [5.74, 6) is -2.73. The molecule has 38 heavy (non-hydrogen) atoms. The highest BCUT2D eigenvalue weighted by molar-refractivity contribution is 8.00. The minimum Gasteiger partial charge on any atom is -0.543 e. The first-order valence-corrected chi connectivity index (χ1v) is 13.5. The molecule has 0 radical (unpaired) electrons. The molecule has 5 N–H and O–H groups in total. The van der Waals surface area contributed by atoms with Crippen LogP contribution in [0.4, 0.5) is 5.13 Å². The maximum absolute atomic E-state index is 13.1. The van der Waals surface area contributed by atoms with E-state index < -0.39 is 35.1 Å². The Bertz CT molecular complexity index is 1540. The number of nitrogens with zero attached hydrogens (tertiary/aromatic N) is 6. The van der Waals surface area contributed by atoms with Crippen LogP contribution < -0.4 is 26.5 Å². The number of hydrogen-bond acceptors (Lipinski definition) is 13. The van der Waals surface area contributed by atoms with Gasteiger partial charge < -0.3 is 31.5 Å². The Morgan fingerprint density at radius 2 is 2.18 bits per heavy atom. The number of thiazole rings is 1. The number of fused-ring (bicyclic) bond motifs is 2. The highest BCUT2D eigenvalue weighted by Gasteiger charge is 2.53. The van der Waals surface area contributed by atoms with Gasteiger partial charge in [0.2, 0.25) is 22.3 Å². The zero-order valence-electron chi connectivity index (χ0n) is 19.5. The highest BCUT2D eigenvalue weighted by Crippen LogP contribution is 2.40. The van der Waals surface area contributed by atoms with Gasteiger partial charge >= 0.3 is 0 Å². The Labute approximate surface area is 225 Å². The Morgan fingerprint density at radius 1 is 1.39 bits per heavy atom. The van der Waals surface area contributed by atoms with E-state index in [0.29, 0.717) is 11.4 Å². The number of amides is 3. The molecule has 5 heterocycles. The number of hydrogen-bond donors (Lipinski definition) is 3. The molecule has 0 bridgehead atoms. The van der Waals surface area contributed by atoms with E-state index in [1.165, 1.54) is 30.2 Å². The molecule has 5 rings (SSSR count). The van der Waals surface area contributed by atoms with E-state index in [2.05, 4.69) is 19.8 Å². The number of anilines is 1. The van der Waals surface area contributed by atoms with Crippen molar-refractivity contribution in [1.82, 2.24) is 24.0 Å². The van der Waals surface area contributed by atoms with Gasteiger partial charge in [-0.25, -0.2) is 4.57 Å². The predicted octanol–water partition coefficient (Wildman–Crippen LogP) is -2.80. The van der Waals surface area contributed by atoms with E-state index in [1.54, 1.807) is 21.4 Å². The molecule has 0 unspecified atom stereocenters. The lowest BCUT2D eigenvalue weighted by atomic mass is 10.0. The number of oxime groups is 1. The lowest BCUT2D eigenvalue weighted by molar-refractivity contribution is -0.694. The van der Waals surface area contributed by atoms with Gasteiger partial charge in [0.05, 0.1) is 11.7 Å². The van der Waals surface area contributed by atoms with Gasteiger partial charge in [-0.05, 0) is 0 Å². The third-order valence-electron chi connectivity index (χ3n) is 5.78. The smallest absolute Gasteiger partial charge is 0.278 e. The van der Waals surface area contributed by atoms with Crippen molar-refractivity contribution in [3.63, 3.8) is 0 Å². The lowest BCUT2D eigenvalue weighted by Crippen LogP contribution is -2.71.